The van der Waals surface area contributed by atoms with Crippen molar-refractivity contribution in [3.05, 3.63) is 81.6 Å². The largest absolute Gasteiger partial charge is 0.399 e. The van der Waals surface area contributed by atoms with Crippen LogP contribution in [0.15, 0.2) is 59.5 Å². The predicted octanol–water partition coefficient (Wildman–Crippen LogP) is 2.60. The number of nitrogens with one attached hydrogen (secondary N) is 3. The van der Waals surface area contributed by atoms with Gasteiger partial charge in [-0.25, -0.2) is 0 Å². The minimum absolute atomic E-state index is 0.00889. The molecule has 3 rings (SSSR count). The predicted molar refractivity (Wildman–Crippen MR) is 133 cm³/mol. The summed E-state index contributed by atoms with van der Waals surface area (Å²) >= 11 is 0. The molecule has 0 bridgehead atoms. The third kappa shape index (κ3) is 5.79. The van der Waals surface area contributed by atoms with Crippen molar-refractivity contribution < 1.29 is 4.79 Å². The van der Waals surface area contributed by atoms with Gasteiger partial charge in [-0.1, -0.05) is 36.4 Å². The molecular formula is C25H30N6O2. The molecule has 1 amide bonds. The number of hydrogen-bond acceptors (Lipinski definition) is 5. The van der Waals surface area contributed by atoms with Gasteiger partial charge >= 0.3 is 0 Å². The minimum atomic E-state index is -0.269. The SMILES string of the molecule is CC(C)Nc1cn(C)c(-c2cccc(N)c2)c(CC(=O)NCc2ccc(C(=N)N)cc2)c1=O. The molecule has 172 valence electrons. The first-order valence-electron chi connectivity index (χ1n) is 10.7. The fourth-order valence-electron chi connectivity index (χ4n) is 3.67. The van der Waals surface area contributed by atoms with E-state index in [4.69, 9.17) is 16.9 Å². The second-order valence-corrected chi connectivity index (χ2v) is 8.30. The highest BCUT2D eigenvalue weighted by Crippen LogP contribution is 2.25. The van der Waals surface area contributed by atoms with Crippen molar-refractivity contribution in [2.75, 3.05) is 11.1 Å². The molecule has 0 aliphatic heterocycles. The maximum Gasteiger partial charge on any atom is 0.224 e. The zero-order chi connectivity index (χ0) is 24.1. The quantitative estimate of drug-likeness (QED) is 0.206. The number of amidine groups is 1. The maximum atomic E-state index is 13.3. The van der Waals surface area contributed by atoms with E-state index in [0.29, 0.717) is 34.7 Å². The smallest absolute Gasteiger partial charge is 0.224 e. The zero-order valence-corrected chi connectivity index (χ0v) is 19.1. The molecule has 33 heavy (non-hydrogen) atoms. The molecular weight excluding hydrogens is 416 g/mol. The monoisotopic (exact) mass is 446 g/mol. The Bertz CT molecular complexity index is 1230. The number of carbonyl (C=O) groups is 1. The number of aromatic nitrogens is 1. The van der Waals surface area contributed by atoms with E-state index >= 15 is 0 Å². The lowest BCUT2D eigenvalue weighted by atomic mass is 10.0. The van der Waals surface area contributed by atoms with E-state index in [2.05, 4.69) is 10.6 Å². The number of rotatable bonds is 8. The van der Waals surface area contributed by atoms with Crippen molar-refractivity contribution in [1.29, 1.82) is 5.41 Å². The highest BCUT2D eigenvalue weighted by Gasteiger charge is 2.19. The Morgan fingerprint density at radius 2 is 1.85 bits per heavy atom. The Hall–Kier alpha value is -4.07. The van der Waals surface area contributed by atoms with Crippen molar-refractivity contribution in [1.82, 2.24) is 9.88 Å². The van der Waals surface area contributed by atoms with Gasteiger partial charge in [-0.2, -0.15) is 0 Å². The summed E-state index contributed by atoms with van der Waals surface area (Å²) in [5.74, 6) is -0.278. The zero-order valence-electron chi connectivity index (χ0n) is 19.1. The molecule has 0 aliphatic rings. The van der Waals surface area contributed by atoms with Crippen molar-refractivity contribution >= 4 is 23.1 Å². The minimum Gasteiger partial charge on any atom is -0.399 e. The van der Waals surface area contributed by atoms with Gasteiger partial charge in [0.15, 0.2) is 0 Å². The van der Waals surface area contributed by atoms with Crippen LogP contribution in [0.1, 0.15) is 30.5 Å². The van der Waals surface area contributed by atoms with Crippen LogP contribution in [0, 0.1) is 5.41 Å². The van der Waals surface area contributed by atoms with Crippen LogP contribution in [0.3, 0.4) is 0 Å². The first kappa shape index (κ1) is 23.6. The van der Waals surface area contributed by atoms with Gasteiger partial charge in [0.25, 0.3) is 0 Å². The van der Waals surface area contributed by atoms with Gasteiger partial charge in [0, 0.05) is 48.2 Å². The van der Waals surface area contributed by atoms with Crippen LogP contribution in [0.4, 0.5) is 11.4 Å². The van der Waals surface area contributed by atoms with Crippen LogP contribution in [-0.4, -0.2) is 22.4 Å². The summed E-state index contributed by atoms with van der Waals surface area (Å²) in [5.41, 5.74) is 15.6. The van der Waals surface area contributed by atoms with Crippen molar-refractivity contribution in [3.8, 4) is 11.3 Å². The van der Waals surface area contributed by atoms with Crippen molar-refractivity contribution in [2.24, 2.45) is 12.8 Å². The Kier molecular flexibility index (Phi) is 7.17. The summed E-state index contributed by atoms with van der Waals surface area (Å²) in [6.45, 7) is 4.21. The lowest BCUT2D eigenvalue weighted by Gasteiger charge is -2.19. The molecule has 1 aromatic heterocycles. The molecule has 8 nitrogen and oxygen atoms in total. The number of carbonyl (C=O) groups excluding carboxylic acids is 1. The van der Waals surface area contributed by atoms with E-state index < -0.39 is 0 Å². The average Bonchev–Trinajstić information content (AvgIpc) is 2.75. The number of hydrogen-bond donors (Lipinski definition) is 5. The first-order chi connectivity index (χ1) is 15.7. The molecule has 0 saturated carbocycles. The van der Waals surface area contributed by atoms with Gasteiger partial charge in [-0.3, -0.25) is 15.0 Å². The molecule has 3 aromatic rings. The van der Waals surface area contributed by atoms with E-state index in [-0.39, 0.29) is 29.6 Å². The number of benzene rings is 2. The van der Waals surface area contributed by atoms with E-state index in [1.165, 1.54) is 0 Å². The third-order valence-corrected chi connectivity index (χ3v) is 5.18. The second-order valence-electron chi connectivity index (χ2n) is 8.30. The molecule has 0 saturated heterocycles. The van der Waals surface area contributed by atoms with Gasteiger partial charge in [-0.15, -0.1) is 0 Å². The first-order valence-corrected chi connectivity index (χ1v) is 10.7. The van der Waals surface area contributed by atoms with E-state index in [1.54, 1.807) is 42.6 Å². The lowest BCUT2D eigenvalue weighted by molar-refractivity contribution is -0.120. The van der Waals surface area contributed by atoms with Crippen LogP contribution in [-0.2, 0) is 24.8 Å². The Balaban J connectivity index is 1.90. The van der Waals surface area contributed by atoms with Gasteiger partial charge < -0.3 is 26.7 Å². The summed E-state index contributed by atoms with van der Waals surface area (Å²) < 4.78 is 1.85. The molecule has 0 aliphatic carbocycles. The number of aryl methyl sites for hydroxylation is 1. The summed E-state index contributed by atoms with van der Waals surface area (Å²) in [6.07, 6.45) is 1.68. The van der Waals surface area contributed by atoms with E-state index in [0.717, 1.165) is 11.1 Å². The Morgan fingerprint density at radius 3 is 2.45 bits per heavy atom. The Labute approximate surface area is 193 Å². The number of anilines is 2. The maximum absolute atomic E-state index is 13.3. The van der Waals surface area contributed by atoms with Crippen molar-refractivity contribution in [3.63, 3.8) is 0 Å². The van der Waals surface area contributed by atoms with E-state index in [1.807, 2.05) is 37.6 Å². The number of amides is 1. The number of pyridine rings is 1. The molecule has 0 radical (unpaired) electrons. The number of nitrogen functional groups attached to an aromatic ring is 2. The standard InChI is InChI=1S/C25H30N6O2/c1-15(2)30-21-14-31(3)23(18-5-4-6-19(26)11-18)20(24(21)33)12-22(32)29-13-16-7-9-17(10-8-16)25(27)28/h4-11,14-15,30H,12-13,26H2,1-3H3,(H3,27,28)(H,29,32). The van der Waals surface area contributed by atoms with Gasteiger partial charge in [0.2, 0.25) is 11.3 Å². The summed E-state index contributed by atoms with van der Waals surface area (Å²) in [6, 6.07) is 14.4. The molecule has 2 aromatic carbocycles. The number of nitrogens with zero attached hydrogens (tertiary/aromatic N) is 1. The molecule has 8 heteroatoms. The topological polar surface area (TPSA) is 139 Å². The van der Waals surface area contributed by atoms with Crippen molar-refractivity contribution in [2.45, 2.75) is 32.9 Å². The summed E-state index contributed by atoms with van der Waals surface area (Å²) in [4.78, 5) is 26.2. The second kappa shape index (κ2) is 10.0. The van der Waals surface area contributed by atoms with Crippen LogP contribution in [0.2, 0.25) is 0 Å². The molecule has 1 heterocycles. The van der Waals surface area contributed by atoms with Gasteiger partial charge in [-0.05, 0) is 31.5 Å². The summed E-state index contributed by atoms with van der Waals surface area (Å²) in [7, 11) is 1.85. The fraction of sp³-hybridized carbons (Fsp3) is 0.240. The van der Waals surface area contributed by atoms with Gasteiger partial charge in [0.1, 0.15) is 5.84 Å². The Morgan fingerprint density at radius 1 is 1.15 bits per heavy atom. The molecule has 0 atom stereocenters. The average molecular weight is 447 g/mol. The number of nitrogens with two attached hydrogens (primary N) is 2. The molecule has 0 unspecified atom stereocenters. The van der Waals surface area contributed by atoms with Gasteiger partial charge in [0.05, 0.1) is 17.8 Å². The van der Waals surface area contributed by atoms with Crippen LogP contribution >= 0.6 is 0 Å². The third-order valence-electron chi connectivity index (χ3n) is 5.18. The molecule has 0 spiro atoms. The lowest BCUT2D eigenvalue weighted by Crippen LogP contribution is -2.30. The van der Waals surface area contributed by atoms with Crippen LogP contribution in [0.25, 0.3) is 11.3 Å². The molecule has 0 fully saturated rings. The highest BCUT2D eigenvalue weighted by molar-refractivity contribution is 5.94. The summed E-state index contributed by atoms with van der Waals surface area (Å²) in [5, 5.41) is 13.5. The van der Waals surface area contributed by atoms with Crippen LogP contribution in [0.5, 0.6) is 0 Å². The van der Waals surface area contributed by atoms with E-state index in [9.17, 15) is 9.59 Å². The van der Waals surface area contributed by atoms with Crippen LogP contribution < -0.4 is 27.5 Å². The fourth-order valence-corrected chi connectivity index (χ4v) is 3.67. The normalized spacial score (nSPS) is 10.8. The highest BCUT2D eigenvalue weighted by atomic mass is 16.1. The molecule has 7 N–H and O–H groups in total.